The van der Waals surface area contributed by atoms with Crippen LogP contribution in [0.3, 0.4) is 0 Å². The Hall–Kier alpha value is -2.12. The van der Waals surface area contributed by atoms with E-state index in [0.717, 1.165) is 22.3 Å². The van der Waals surface area contributed by atoms with Crippen LogP contribution in [-0.2, 0) is 4.57 Å². The van der Waals surface area contributed by atoms with E-state index >= 15 is 0 Å². The van der Waals surface area contributed by atoms with Gasteiger partial charge in [0.15, 0.2) is 25.2 Å². The van der Waals surface area contributed by atoms with E-state index in [9.17, 15) is 14.2 Å². The first-order valence-electron chi connectivity index (χ1n) is 10.4. The van der Waals surface area contributed by atoms with E-state index < -0.39 is 19.5 Å². The molecule has 0 aliphatic heterocycles. The molecule has 2 aromatic rings. The third-order valence-electron chi connectivity index (χ3n) is 5.88. The Morgan fingerprint density at radius 2 is 1.13 bits per heavy atom. The Kier molecular flexibility index (Phi) is 7.20. The predicted octanol–water partition coefficient (Wildman–Crippen LogP) is 7.09. The molecule has 0 heterocycles. The molecule has 1 unspecified atom stereocenters. The molecule has 0 N–H and O–H groups in total. The smallest absolute Gasteiger partial charge is 0.189 e. The standard InChI is InChI=1S/C26H33O3P/c1-16-11-9-12-17(2)21(16)23(27)26(30-29,20(5)15-25(6,7)8)24(28)22-18(3)13-10-14-19(22)4/h9-14,20H,15H2,1-8H3. The number of hydrogen-bond donors (Lipinski definition) is 0. The molecule has 0 saturated heterocycles. The van der Waals surface area contributed by atoms with E-state index in [-0.39, 0.29) is 17.0 Å². The first-order chi connectivity index (χ1) is 13.9. The van der Waals surface area contributed by atoms with Gasteiger partial charge in [0.25, 0.3) is 0 Å². The highest BCUT2D eigenvalue weighted by Crippen LogP contribution is 2.45. The van der Waals surface area contributed by atoms with Gasteiger partial charge in [-0.25, -0.2) is 0 Å². The summed E-state index contributed by atoms with van der Waals surface area (Å²) in [6.45, 7) is 15.6. The molecule has 30 heavy (non-hydrogen) atoms. The van der Waals surface area contributed by atoms with Crippen LogP contribution in [0.2, 0.25) is 0 Å². The molecule has 0 saturated carbocycles. The Bertz CT molecular complexity index is 878. The number of benzene rings is 2. The fraction of sp³-hybridized carbons (Fsp3) is 0.462. The minimum Gasteiger partial charge on any atom is -0.292 e. The molecule has 2 aromatic carbocycles. The van der Waals surface area contributed by atoms with Gasteiger partial charge in [0.05, 0.1) is 0 Å². The molecule has 0 bridgehead atoms. The highest BCUT2D eigenvalue weighted by atomic mass is 31.1. The van der Waals surface area contributed by atoms with Gasteiger partial charge in [-0.1, -0.05) is 64.1 Å². The van der Waals surface area contributed by atoms with Crippen molar-refractivity contribution in [3.8, 4) is 0 Å². The summed E-state index contributed by atoms with van der Waals surface area (Å²) in [5.74, 6) is -1.10. The number of carbonyl (C=O) groups is 2. The van der Waals surface area contributed by atoms with Crippen LogP contribution >= 0.6 is 8.46 Å². The lowest BCUT2D eigenvalue weighted by Crippen LogP contribution is -2.49. The zero-order valence-electron chi connectivity index (χ0n) is 19.4. The van der Waals surface area contributed by atoms with Crippen LogP contribution in [0, 0.1) is 39.0 Å². The molecule has 0 radical (unpaired) electrons. The van der Waals surface area contributed by atoms with Crippen molar-refractivity contribution in [2.24, 2.45) is 11.3 Å². The van der Waals surface area contributed by atoms with Gasteiger partial charge in [0, 0.05) is 11.1 Å². The molecular weight excluding hydrogens is 391 g/mol. The van der Waals surface area contributed by atoms with Crippen molar-refractivity contribution in [1.82, 2.24) is 0 Å². The van der Waals surface area contributed by atoms with E-state index in [2.05, 4.69) is 20.8 Å². The lowest BCUT2D eigenvalue weighted by atomic mass is 9.71. The van der Waals surface area contributed by atoms with Crippen LogP contribution in [0.4, 0.5) is 0 Å². The highest BCUT2D eigenvalue weighted by Gasteiger charge is 2.53. The summed E-state index contributed by atoms with van der Waals surface area (Å²) in [5, 5.41) is -1.67. The molecule has 0 spiro atoms. The number of hydrogen-bond acceptors (Lipinski definition) is 3. The van der Waals surface area contributed by atoms with Crippen LogP contribution in [0.25, 0.3) is 0 Å². The Morgan fingerprint density at radius 1 is 0.800 bits per heavy atom. The van der Waals surface area contributed by atoms with E-state index in [1.165, 1.54) is 0 Å². The average molecular weight is 425 g/mol. The number of Topliss-reactive ketones (excluding diaryl/α,β-unsaturated/α-hetero) is 2. The van der Waals surface area contributed by atoms with Crippen molar-refractivity contribution in [1.29, 1.82) is 0 Å². The maximum absolute atomic E-state index is 14.1. The second kappa shape index (κ2) is 8.94. The quantitative estimate of drug-likeness (QED) is 0.271. The van der Waals surface area contributed by atoms with Gasteiger partial charge in [-0.2, -0.15) is 0 Å². The largest absolute Gasteiger partial charge is 0.292 e. The molecule has 1 atom stereocenters. The Morgan fingerprint density at radius 3 is 1.40 bits per heavy atom. The number of rotatable bonds is 7. The fourth-order valence-electron chi connectivity index (χ4n) is 4.52. The molecule has 160 valence electrons. The minimum atomic E-state index is -1.67. The summed E-state index contributed by atoms with van der Waals surface area (Å²) < 4.78 is 12.9. The topological polar surface area (TPSA) is 51.2 Å². The number of carbonyl (C=O) groups excluding carboxylic acids is 2. The highest BCUT2D eigenvalue weighted by molar-refractivity contribution is 7.30. The molecular formula is C26H33O3P. The molecule has 3 nitrogen and oxygen atoms in total. The normalized spacial score (nSPS) is 13.3. The van der Waals surface area contributed by atoms with Crippen LogP contribution in [0.15, 0.2) is 36.4 Å². The second-order valence-electron chi connectivity index (χ2n) is 9.72. The number of aryl methyl sites for hydroxylation is 4. The average Bonchev–Trinajstić information content (AvgIpc) is 2.61. The van der Waals surface area contributed by atoms with Crippen LogP contribution < -0.4 is 0 Å². The molecule has 2 rings (SSSR count). The Balaban J connectivity index is 2.82. The van der Waals surface area contributed by atoms with E-state index in [4.69, 9.17) is 0 Å². The maximum atomic E-state index is 14.1. The fourth-order valence-corrected chi connectivity index (χ4v) is 5.18. The van der Waals surface area contributed by atoms with Crippen LogP contribution in [0.1, 0.15) is 77.1 Å². The third-order valence-corrected chi connectivity index (χ3v) is 7.02. The van der Waals surface area contributed by atoms with E-state index in [0.29, 0.717) is 17.5 Å². The molecule has 4 heteroatoms. The monoisotopic (exact) mass is 424 g/mol. The lowest BCUT2D eigenvalue weighted by molar-refractivity contribution is 0.0770. The van der Waals surface area contributed by atoms with Gasteiger partial charge in [-0.3, -0.25) is 14.2 Å². The first kappa shape index (κ1) is 24.2. The van der Waals surface area contributed by atoms with Crippen LogP contribution in [0.5, 0.6) is 0 Å². The molecule has 0 fully saturated rings. The molecule has 0 aliphatic rings. The van der Waals surface area contributed by atoms with Crippen molar-refractivity contribution >= 4 is 20.0 Å². The van der Waals surface area contributed by atoms with Gasteiger partial charge in [0.2, 0.25) is 0 Å². The van der Waals surface area contributed by atoms with Gasteiger partial charge in [-0.15, -0.1) is 0 Å². The van der Waals surface area contributed by atoms with Gasteiger partial charge >= 0.3 is 0 Å². The summed E-state index contributed by atoms with van der Waals surface area (Å²) in [5.41, 5.74) is 4.06. The molecule has 0 aromatic heterocycles. The van der Waals surface area contributed by atoms with Gasteiger partial charge < -0.3 is 0 Å². The van der Waals surface area contributed by atoms with Crippen molar-refractivity contribution in [2.45, 2.75) is 67.0 Å². The van der Waals surface area contributed by atoms with Gasteiger partial charge in [0.1, 0.15) is 0 Å². The molecule has 0 amide bonds. The summed E-state index contributed by atoms with van der Waals surface area (Å²) in [6.07, 6.45) is 0.593. The summed E-state index contributed by atoms with van der Waals surface area (Å²) in [7, 11) is -0.454. The second-order valence-corrected chi connectivity index (χ2v) is 10.6. The van der Waals surface area contributed by atoms with Crippen molar-refractivity contribution in [3.05, 3.63) is 69.8 Å². The van der Waals surface area contributed by atoms with Crippen LogP contribution in [-0.4, -0.2) is 16.7 Å². The summed E-state index contributed by atoms with van der Waals surface area (Å²) in [6, 6.07) is 11.2. The van der Waals surface area contributed by atoms with Crippen molar-refractivity contribution in [3.63, 3.8) is 0 Å². The predicted molar refractivity (Wildman–Crippen MR) is 124 cm³/mol. The Labute approximate surface area is 182 Å². The van der Waals surface area contributed by atoms with Crippen molar-refractivity contribution in [2.75, 3.05) is 0 Å². The third kappa shape index (κ3) is 4.47. The molecule has 0 aliphatic carbocycles. The summed E-state index contributed by atoms with van der Waals surface area (Å²) in [4.78, 5) is 28.2. The zero-order valence-corrected chi connectivity index (χ0v) is 20.3. The SMILES string of the molecule is Cc1cccc(C)c1C(=O)C(P=O)(C(=O)c1c(C)cccc1C)C(C)CC(C)(C)C. The minimum absolute atomic E-state index is 0.128. The zero-order chi connectivity index (χ0) is 22.9. The maximum Gasteiger partial charge on any atom is 0.189 e. The summed E-state index contributed by atoms with van der Waals surface area (Å²) >= 11 is 0. The lowest BCUT2D eigenvalue weighted by Gasteiger charge is -2.35. The number of ketones is 2. The van der Waals surface area contributed by atoms with E-state index in [1.807, 2.05) is 71.0 Å². The van der Waals surface area contributed by atoms with Crippen molar-refractivity contribution < 1.29 is 14.2 Å². The first-order valence-corrected chi connectivity index (χ1v) is 11.2. The van der Waals surface area contributed by atoms with E-state index in [1.54, 1.807) is 0 Å². The van der Waals surface area contributed by atoms with Gasteiger partial charge in [-0.05, 0) is 67.7 Å².